The zero-order valence-corrected chi connectivity index (χ0v) is 22.0. The number of hydrogen-bond donors (Lipinski definition) is 1. The Labute approximate surface area is 228 Å². The lowest BCUT2D eigenvalue weighted by molar-refractivity contribution is -0.143. The number of morpholine rings is 1. The second kappa shape index (κ2) is 12.3. The third-order valence-corrected chi connectivity index (χ3v) is 7.55. The second-order valence-electron chi connectivity index (χ2n) is 10.3. The number of likely N-dealkylation sites (tertiary alicyclic amines) is 1. The molecule has 5 nitrogen and oxygen atoms in total. The minimum atomic E-state index is -4.91. The molecule has 2 atom stereocenters. The zero-order valence-electron chi connectivity index (χ0n) is 22.0. The Kier molecular flexibility index (Phi) is 9.29. The SMILES string of the molecule is Cc1cc(F)ccc1[C@H]1C[C@@H](N2CCOCC2)CCN1C(=O)NCCCc1cc(C(F)(F)F)cc(C(F)(F)F)c1. The monoisotopic (exact) mass is 575 g/mol. The number of hydrogen-bond acceptors (Lipinski definition) is 3. The lowest BCUT2D eigenvalue weighted by Crippen LogP contribution is -2.53. The molecule has 4 rings (SSSR count). The summed E-state index contributed by atoms with van der Waals surface area (Å²) in [5.41, 5.74) is -1.28. The van der Waals surface area contributed by atoms with Gasteiger partial charge in [0.15, 0.2) is 0 Å². The Morgan fingerprint density at radius 3 is 2.23 bits per heavy atom. The van der Waals surface area contributed by atoms with Crippen LogP contribution in [0.1, 0.15) is 53.1 Å². The molecule has 2 fully saturated rings. The maximum atomic E-state index is 13.8. The van der Waals surface area contributed by atoms with Crippen LogP contribution in [-0.2, 0) is 23.5 Å². The molecule has 2 heterocycles. The summed E-state index contributed by atoms with van der Waals surface area (Å²) in [6, 6.07) is 5.50. The van der Waals surface area contributed by atoms with Crippen LogP contribution in [0.15, 0.2) is 36.4 Å². The molecule has 2 aliphatic heterocycles. The van der Waals surface area contributed by atoms with Gasteiger partial charge in [-0.1, -0.05) is 6.07 Å². The van der Waals surface area contributed by atoms with Crippen LogP contribution in [0.4, 0.5) is 35.5 Å². The summed E-state index contributed by atoms with van der Waals surface area (Å²) in [4.78, 5) is 17.3. The van der Waals surface area contributed by atoms with Crippen molar-refractivity contribution in [1.82, 2.24) is 15.1 Å². The Morgan fingerprint density at radius 2 is 1.62 bits per heavy atom. The number of carbonyl (C=O) groups excluding carboxylic acids is 1. The van der Waals surface area contributed by atoms with Gasteiger partial charge in [-0.25, -0.2) is 9.18 Å². The molecule has 0 aromatic heterocycles. The standard InChI is InChI=1S/C28H32F7N3O2/c1-18-13-22(29)4-5-24(18)25-17-23(37-9-11-40-12-10-37)6-8-38(25)26(39)36-7-2-3-19-14-20(27(30,31)32)16-21(15-19)28(33,34)35/h4-5,13-16,23,25H,2-3,6-12,17H2,1H3,(H,36,39)/t23-,25+/m0/s1. The number of aryl methyl sites for hydroxylation is 2. The highest BCUT2D eigenvalue weighted by molar-refractivity contribution is 5.75. The van der Waals surface area contributed by atoms with Gasteiger partial charge in [-0.05, 0) is 79.6 Å². The molecule has 2 aromatic rings. The number of nitrogens with one attached hydrogen (secondary N) is 1. The Bertz CT molecular complexity index is 1150. The van der Waals surface area contributed by atoms with Gasteiger partial charge in [0.2, 0.25) is 0 Å². The molecule has 0 radical (unpaired) electrons. The van der Waals surface area contributed by atoms with Crippen LogP contribution in [0.3, 0.4) is 0 Å². The lowest BCUT2D eigenvalue weighted by Gasteiger charge is -2.45. The van der Waals surface area contributed by atoms with Gasteiger partial charge < -0.3 is 15.0 Å². The van der Waals surface area contributed by atoms with Crippen molar-refractivity contribution in [2.75, 3.05) is 39.4 Å². The van der Waals surface area contributed by atoms with Gasteiger partial charge in [-0.3, -0.25) is 4.90 Å². The normalized spacial score (nSPS) is 20.9. The minimum absolute atomic E-state index is 0.0644. The predicted molar refractivity (Wildman–Crippen MR) is 134 cm³/mol. The molecule has 40 heavy (non-hydrogen) atoms. The van der Waals surface area contributed by atoms with Crippen LogP contribution in [-0.4, -0.2) is 61.3 Å². The van der Waals surface area contributed by atoms with E-state index in [9.17, 15) is 35.5 Å². The van der Waals surface area contributed by atoms with Crippen LogP contribution in [0, 0.1) is 12.7 Å². The molecule has 0 bridgehead atoms. The number of rotatable bonds is 6. The highest BCUT2D eigenvalue weighted by atomic mass is 19.4. The summed E-state index contributed by atoms with van der Waals surface area (Å²) < 4.78 is 98.2. The molecule has 220 valence electrons. The predicted octanol–water partition coefficient (Wildman–Crippen LogP) is 6.35. The highest BCUT2D eigenvalue weighted by Crippen LogP contribution is 2.37. The van der Waals surface area contributed by atoms with Crippen LogP contribution in [0.2, 0.25) is 0 Å². The molecule has 0 spiro atoms. The second-order valence-corrected chi connectivity index (χ2v) is 10.3. The number of benzene rings is 2. The molecule has 2 aliphatic rings. The van der Waals surface area contributed by atoms with E-state index in [2.05, 4.69) is 10.2 Å². The van der Waals surface area contributed by atoms with E-state index in [1.54, 1.807) is 17.9 Å². The fourth-order valence-corrected chi connectivity index (χ4v) is 5.52. The molecule has 0 unspecified atom stereocenters. The Balaban J connectivity index is 1.42. The number of piperidine rings is 1. The summed E-state index contributed by atoms with van der Waals surface area (Å²) in [6.07, 6.45) is -8.38. The average molecular weight is 576 g/mol. The van der Waals surface area contributed by atoms with E-state index in [0.29, 0.717) is 38.3 Å². The fourth-order valence-electron chi connectivity index (χ4n) is 5.52. The molecule has 0 aliphatic carbocycles. The van der Waals surface area contributed by atoms with E-state index >= 15 is 0 Å². The third kappa shape index (κ3) is 7.45. The topological polar surface area (TPSA) is 44.8 Å². The summed E-state index contributed by atoms with van der Waals surface area (Å²) in [6.45, 7) is 5.15. The van der Waals surface area contributed by atoms with Crippen LogP contribution >= 0.6 is 0 Å². The summed E-state index contributed by atoms with van der Waals surface area (Å²) >= 11 is 0. The molecular weight excluding hydrogens is 543 g/mol. The van der Waals surface area contributed by atoms with Crippen molar-refractivity contribution in [3.05, 3.63) is 70.0 Å². The Morgan fingerprint density at radius 1 is 0.975 bits per heavy atom. The Hall–Kier alpha value is -2.86. The fraction of sp³-hybridized carbons (Fsp3) is 0.536. The molecule has 1 N–H and O–H groups in total. The lowest BCUT2D eigenvalue weighted by atomic mass is 9.88. The van der Waals surface area contributed by atoms with Crippen molar-refractivity contribution < 1.29 is 40.3 Å². The number of amides is 2. The van der Waals surface area contributed by atoms with Crippen molar-refractivity contribution in [3.63, 3.8) is 0 Å². The van der Waals surface area contributed by atoms with Gasteiger partial charge >= 0.3 is 18.4 Å². The number of carbonyl (C=O) groups is 1. The first-order valence-electron chi connectivity index (χ1n) is 13.2. The molecule has 2 aromatic carbocycles. The first-order valence-corrected chi connectivity index (χ1v) is 13.2. The minimum Gasteiger partial charge on any atom is -0.379 e. The summed E-state index contributed by atoms with van der Waals surface area (Å²) in [7, 11) is 0. The number of halogens is 7. The van der Waals surface area contributed by atoms with Crippen molar-refractivity contribution in [3.8, 4) is 0 Å². The smallest absolute Gasteiger partial charge is 0.379 e. The number of alkyl halides is 6. The largest absolute Gasteiger partial charge is 0.416 e. The number of nitrogens with zero attached hydrogens (tertiary/aromatic N) is 2. The van der Waals surface area contributed by atoms with Crippen molar-refractivity contribution in [1.29, 1.82) is 0 Å². The van der Waals surface area contributed by atoms with E-state index in [1.807, 2.05) is 0 Å². The molecule has 0 saturated carbocycles. The molecular formula is C28H32F7N3O2. The highest BCUT2D eigenvalue weighted by Gasteiger charge is 2.38. The summed E-state index contributed by atoms with van der Waals surface area (Å²) in [5.74, 6) is -0.374. The van der Waals surface area contributed by atoms with Gasteiger partial charge in [-0.2, -0.15) is 26.3 Å². The number of ether oxygens (including phenoxy) is 1. The van der Waals surface area contributed by atoms with E-state index < -0.39 is 23.5 Å². The van der Waals surface area contributed by atoms with E-state index in [4.69, 9.17) is 4.74 Å². The number of urea groups is 1. The maximum Gasteiger partial charge on any atom is 0.416 e. The molecule has 2 amide bonds. The van der Waals surface area contributed by atoms with Crippen LogP contribution in [0.25, 0.3) is 0 Å². The van der Waals surface area contributed by atoms with Gasteiger partial charge in [0.25, 0.3) is 0 Å². The maximum absolute atomic E-state index is 13.8. The van der Waals surface area contributed by atoms with Gasteiger partial charge in [0.1, 0.15) is 5.82 Å². The quantitative estimate of drug-likeness (QED) is 0.323. The van der Waals surface area contributed by atoms with Crippen molar-refractivity contribution >= 4 is 6.03 Å². The van der Waals surface area contributed by atoms with Gasteiger partial charge in [-0.15, -0.1) is 0 Å². The van der Waals surface area contributed by atoms with E-state index in [1.165, 1.54) is 12.1 Å². The van der Waals surface area contributed by atoms with Gasteiger partial charge in [0, 0.05) is 32.2 Å². The first-order chi connectivity index (χ1) is 18.8. The van der Waals surface area contributed by atoms with E-state index in [-0.39, 0.29) is 54.9 Å². The summed E-state index contributed by atoms with van der Waals surface area (Å²) in [5, 5.41) is 2.77. The zero-order chi connectivity index (χ0) is 29.1. The molecule has 12 heteroatoms. The third-order valence-electron chi connectivity index (χ3n) is 7.55. The average Bonchev–Trinajstić information content (AvgIpc) is 2.90. The van der Waals surface area contributed by atoms with E-state index in [0.717, 1.165) is 30.6 Å². The molecule has 2 saturated heterocycles. The van der Waals surface area contributed by atoms with Crippen molar-refractivity contribution in [2.24, 2.45) is 0 Å². The van der Waals surface area contributed by atoms with Gasteiger partial charge in [0.05, 0.1) is 30.4 Å². The van der Waals surface area contributed by atoms with Crippen LogP contribution < -0.4 is 5.32 Å². The van der Waals surface area contributed by atoms with Crippen LogP contribution in [0.5, 0.6) is 0 Å². The van der Waals surface area contributed by atoms with Crippen molar-refractivity contribution in [2.45, 2.75) is 57.0 Å². The first kappa shape index (κ1) is 30.1.